The van der Waals surface area contributed by atoms with Gasteiger partial charge in [-0.15, -0.1) is 11.7 Å². The molecule has 1 saturated heterocycles. The molecule has 1 aromatic heterocycles. The van der Waals surface area contributed by atoms with Crippen LogP contribution in [0.2, 0.25) is 0 Å². The molecule has 1 aliphatic heterocycles. The molecule has 28 heavy (non-hydrogen) atoms. The quantitative estimate of drug-likeness (QED) is 0.594. The summed E-state index contributed by atoms with van der Waals surface area (Å²) in [5.74, 6) is 1.71. The monoisotopic (exact) mass is 405 g/mol. The van der Waals surface area contributed by atoms with Crippen molar-refractivity contribution in [1.82, 2.24) is 30.0 Å². The first-order valence-electron chi connectivity index (χ1n) is 9.44. The number of piperazine rings is 1. The van der Waals surface area contributed by atoms with Crippen LogP contribution >= 0.6 is 0 Å². The van der Waals surface area contributed by atoms with Crippen LogP contribution in [0.1, 0.15) is 38.2 Å². The van der Waals surface area contributed by atoms with Crippen molar-refractivity contribution < 1.29 is 17.1 Å². The predicted molar refractivity (Wildman–Crippen MR) is 106 cm³/mol. The van der Waals surface area contributed by atoms with Crippen LogP contribution < -0.4 is 17.1 Å². The molecule has 1 fully saturated rings. The van der Waals surface area contributed by atoms with Gasteiger partial charge in [0.1, 0.15) is 11.8 Å². The second-order valence-corrected chi connectivity index (χ2v) is 7.89. The molecule has 1 aliphatic rings. The van der Waals surface area contributed by atoms with Crippen molar-refractivity contribution in [3.8, 4) is 5.75 Å². The molecule has 3 rings (SSSR count). The van der Waals surface area contributed by atoms with E-state index in [0.29, 0.717) is 0 Å². The number of halogens is 1. The largest absolute Gasteiger partial charge is 1.00 e. The fraction of sp³-hybridized carbons (Fsp3) is 0.550. The van der Waals surface area contributed by atoms with Crippen molar-refractivity contribution in [2.24, 2.45) is 0 Å². The lowest BCUT2D eigenvalue weighted by Crippen LogP contribution is -3.00. The normalized spacial score (nSPS) is 17.0. The van der Waals surface area contributed by atoms with Crippen molar-refractivity contribution in [3.63, 3.8) is 0 Å². The number of rotatable bonds is 6. The summed E-state index contributed by atoms with van der Waals surface area (Å²) < 4.78 is 7.60. The lowest BCUT2D eigenvalue weighted by atomic mass is 10.0. The smallest absolute Gasteiger partial charge is 0.173 e. The van der Waals surface area contributed by atoms with Crippen molar-refractivity contribution in [1.29, 1.82) is 0 Å². The van der Waals surface area contributed by atoms with Gasteiger partial charge in [-0.1, -0.05) is 24.3 Å². The number of aromatic nitrogens is 4. The van der Waals surface area contributed by atoms with E-state index in [9.17, 15) is 0 Å². The van der Waals surface area contributed by atoms with Crippen LogP contribution in [0, 0.1) is 0 Å². The van der Waals surface area contributed by atoms with Gasteiger partial charge in [0.2, 0.25) is 0 Å². The van der Waals surface area contributed by atoms with E-state index in [0.717, 1.165) is 49.9 Å². The third-order valence-electron chi connectivity index (χ3n) is 4.97. The van der Waals surface area contributed by atoms with E-state index in [1.54, 1.807) is 7.11 Å². The van der Waals surface area contributed by atoms with E-state index in [2.05, 4.69) is 58.7 Å². The van der Waals surface area contributed by atoms with Crippen molar-refractivity contribution >= 4 is 0 Å². The Hall–Kier alpha value is -1.96. The molecule has 0 aliphatic carbocycles. The topological polar surface area (TPSA) is 59.3 Å². The highest BCUT2D eigenvalue weighted by Crippen LogP contribution is 2.35. The summed E-state index contributed by atoms with van der Waals surface area (Å²) >= 11 is 0. The molecule has 0 saturated carbocycles. The zero-order valence-corrected chi connectivity index (χ0v) is 17.9. The van der Waals surface area contributed by atoms with E-state index in [-0.39, 0.29) is 24.0 Å². The molecule has 0 bridgehead atoms. The van der Waals surface area contributed by atoms with Crippen LogP contribution in [-0.2, 0) is 5.54 Å². The summed E-state index contributed by atoms with van der Waals surface area (Å²) in [4.78, 5) is 4.86. The predicted octanol–water partition coefficient (Wildman–Crippen LogP) is -0.666. The van der Waals surface area contributed by atoms with Crippen LogP contribution in [0.15, 0.2) is 36.9 Å². The van der Waals surface area contributed by atoms with Gasteiger partial charge in [-0.2, -0.15) is 0 Å². The van der Waals surface area contributed by atoms with Gasteiger partial charge in [-0.25, -0.2) is 4.68 Å². The van der Waals surface area contributed by atoms with E-state index in [1.165, 1.54) is 0 Å². The number of tetrazole rings is 1. The minimum absolute atomic E-state index is 0. The van der Waals surface area contributed by atoms with Crippen LogP contribution in [0.3, 0.4) is 0 Å². The molecule has 2 heterocycles. The maximum atomic E-state index is 5.67. The van der Waals surface area contributed by atoms with Crippen LogP contribution in [-0.4, -0.2) is 69.8 Å². The summed E-state index contributed by atoms with van der Waals surface area (Å²) in [5.41, 5.74) is 0.890. The van der Waals surface area contributed by atoms with E-state index < -0.39 is 0 Å². The number of ether oxygens (including phenoxy) is 1. The number of benzene rings is 1. The highest BCUT2D eigenvalue weighted by molar-refractivity contribution is 5.39. The average Bonchev–Trinajstić information content (AvgIpc) is 3.14. The molecule has 0 amide bonds. The molecule has 0 N–H and O–H groups in total. The van der Waals surface area contributed by atoms with Gasteiger partial charge >= 0.3 is 0 Å². The Bertz CT molecular complexity index is 764. The Morgan fingerprint density at radius 2 is 1.86 bits per heavy atom. The van der Waals surface area contributed by atoms with Gasteiger partial charge in [0.05, 0.1) is 12.6 Å². The van der Waals surface area contributed by atoms with Gasteiger partial charge in [0.25, 0.3) is 0 Å². The van der Waals surface area contributed by atoms with Gasteiger partial charge in [-0.05, 0) is 37.3 Å². The van der Waals surface area contributed by atoms with Gasteiger partial charge in [0, 0.05) is 38.3 Å². The number of hydrogen-bond acceptors (Lipinski definition) is 6. The lowest BCUT2D eigenvalue weighted by Gasteiger charge is -2.39. The van der Waals surface area contributed by atoms with Crippen LogP contribution in [0.25, 0.3) is 0 Å². The molecular formula is C20H30ClN6O-. The highest BCUT2D eigenvalue weighted by atomic mass is 35.5. The first kappa shape index (κ1) is 22.3. The Kier molecular flexibility index (Phi) is 7.57. The second-order valence-electron chi connectivity index (χ2n) is 7.89. The number of nitrogens with zero attached hydrogens (tertiary/aromatic N) is 6. The summed E-state index contributed by atoms with van der Waals surface area (Å²) in [6.45, 7) is 15.0. The standard InChI is InChI=1S/C20H30N6O.ClH/c1-6-11-24-12-14-25(15-13-24)18(16-9-7-8-10-17(16)27-5)19-21-22-23-26(19)20(2,3)4;/h6-10,18H,1,11-15H2,2-5H3;1H/p-1. The third kappa shape index (κ3) is 4.71. The molecule has 154 valence electrons. The fourth-order valence-corrected chi connectivity index (χ4v) is 3.62. The SMILES string of the molecule is C=CCN1CCN(C(c2ccccc2OC)c2nnnn2C(C)(C)C)CC1.[Cl-]. The zero-order chi connectivity index (χ0) is 19.4. The fourth-order valence-electron chi connectivity index (χ4n) is 3.62. The maximum Gasteiger partial charge on any atom is 0.173 e. The molecule has 8 heteroatoms. The molecule has 2 aromatic rings. The first-order valence-corrected chi connectivity index (χ1v) is 9.44. The Morgan fingerprint density at radius 1 is 1.18 bits per heavy atom. The van der Waals surface area contributed by atoms with E-state index >= 15 is 0 Å². The first-order chi connectivity index (χ1) is 13.0. The summed E-state index contributed by atoms with van der Waals surface area (Å²) in [6, 6.07) is 8.10. The molecule has 1 atom stereocenters. The number of hydrogen-bond donors (Lipinski definition) is 0. The molecule has 7 nitrogen and oxygen atoms in total. The second kappa shape index (κ2) is 9.49. The highest BCUT2D eigenvalue weighted by Gasteiger charge is 2.34. The Balaban J connectivity index is 0.00000280. The molecule has 1 aromatic carbocycles. The molecule has 1 unspecified atom stereocenters. The van der Waals surface area contributed by atoms with Gasteiger partial charge in [0.15, 0.2) is 5.82 Å². The summed E-state index contributed by atoms with van der Waals surface area (Å²) in [6.07, 6.45) is 1.97. The number of para-hydroxylation sites is 1. The van der Waals surface area contributed by atoms with Gasteiger partial charge < -0.3 is 17.1 Å². The average molecular weight is 406 g/mol. The van der Waals surface area contributed by atoms with Crippen LogP contribution in [0.5, 0.6) is 5.75 Å². The molecule has 0 radical (unpaired) electrons. The minimum atomic E-state index is -0.205. The third-order valence-corrected chi connectivity index (χ3v) is 4.97. The maximum absolute atomic E-state index is 5.67. The Morgan fingerprint density at radius 3 is 2.46 bits per heavy atom. The Labute approximate surface area is 173 Å². The van der Waals surface area contributed by atoms with Crippen molar-refractivity contribution in [2.45, 2.75) is 32.4 Å². The van der Waals surface area contributed by atoms with Crippen LogP contribution in [0.4, 0.5) is 0 Å². The van der Waals surface area contributed by atoms with E-state index in [1.807, 2.05) is 29.0 Å². The zero-order valence-electron chi connectivity index (χ0n) is 17.2. The summed E-state index contributed by atoms with van der Waals surface area (Å²) in [5, 5.41) is 12.7. The van der Waals surface area contributed by atoms with Crippen molar-refractivity contribution in [3.05, 3.63) is 48.3 Å². The van der Waals surface area contributed by atoms with Crippen molar-refractivity contribution in [2.75, 3.05) is 39.8 Å². The van der Waals surface area contributed by atoms with E-state index in [4.69, 9.17) is 4.74 Å². The van der Waals surface area contributed by atoms with Gasteiger partial charge in [-0.3, -0.25) is 9.80 Å². The molecule has 0 spiro atoms. The lowest BCUT2D eigenvalue weighted by molar-refractivity contribution is -0.00000677. The molecular weight excluding hydrogens is 376 g/mol. The minimum Gasteiger partial charge on any atom is -1.00 e. The number of methoxy groups -OCH3 is 1. The summed E-state index contributed by atoms with van der Waals surface area (Å²) in [7, 11) is 1.71.